The number of hydrogen-bond donors (Lipinski definition) is 0. The summed E-state index contributed by atoms with van der Waals surface area (Å²) in [5, 5.41) is 0. The molecule has 0 fully saturated rings. The summed E-state index contributed by atoms with van der Waals surface area (Å²) in [6.45, 7) is 2.08. The van der Waals surface area contributed by atoms with Gasteiger partial charge in [0.2, 0.25) is 0 Å². The Morgan fingerprint density at radius 2 is 0.844 bits per heavy atom. The fourth-order valence-corrected chi connectivity index (χ4v) is 4.28. The molecule has 25 heteroatoms. The largest absolute Gasteiger partial charge is 2.00 e. The van der Waals surface area contributed by atoms with Gasteiger partial charge in [0, 0.05) is 0 Å². The summed E-state index contributed by atoms with van der Waals surface area (Å²) in [4.78, 5) is 58.4. The summed E-state index contributed by atoms with van der Waals surface area (Å²) >= 11 is 0. The van der Waals surface area contributed by atoms with E-state index in [2.05, 4.69) is 36.3 Å². The third-order valence-electron chi connectivity index (χ3n) is 1.61. The molecule has 0 aliphatic carbocycles. The molecule has 0 bridgehead atoms. The van der Waals surface area contributed by atoms with E-state index in [9.17, 15) is 56.8 Å². The molecule has 0 amide bonds. The Bertz CT molecular complexity index is 721. The van der Waals surface area contributed by atoms with Crippen LogP contribution in [0.25, 0.3) is 0 Å². The van der Waals surface area contributed by atoms with Crippen molar-refractivity contribution in [2.75, 3.05) is 0 Å². The fraction of sp³-hybridized carbons (Fsp3) is 0.143. The Kier molecular flexibility index (Phi) is 33.1. The van der Waals surface area contributed by atoms with Gasteiger partial charge in [0.05, 0.1) is 0 Å². The molecular formula is C7H8Cd3O16P6+4. The van der Waals surface area contributed by atoms with Gasteiger partial charge in [0.1, 0.15) is 0 Å². The number of rotatable bonds is 8. The molecule has 0 radical (unpaired) electrons. The second-order valence-corrected chi connectivity index (χ2v) is 9.96. The van der Waals surface area contributed by atoms with Gasteiger partial charge in [-0.1, -0.05) is 53.1 Å². The number of benzene rings is 1. The first-order valence-corrected chi connectivity index (χ1v) is 13.4. The van der Waals surface area contributed by atoms with Gasteiger partial charge in [-0.25, -0.2) is 0 Å². The molecule has 1 aromatic rings. The van der Waals surface area contributed by atoms with Crippen LogP contribution in [0.1, 0.15) is 5.56 Å². The van der Waals surface area contributed by atoms with E-state index in [1.165, 1.54) is 5.56 Å². The fourth-order valence-electron chi connectivity index (χ4n) is 0.891. The molecule has 0 saturated carbocycles. The van der Waals surface area contributed by atoms with Gasteiger partial charge in [0.15, 0.2) is 0 Å². The minimum Gasteiger partial charge on any atom is -0.750 e. The number of aryl methyl sites for hydroxylation is 1. The zero-order valence-corrected chi connectivity index (χ0v) is 33.2. The van der Waals surface area contributed by atoms with Crippen molar-refractivity contribution in [3.8, 4) is 0 Å². The van der Waals surface area contributed by atoms with Crippen molar-refractivity contribution >= 4 is 48.7 Å². The quantitative estimate of drug-likeness (QED) is 0.225. The van der Waals surface area contributed by atoms with E-state index in [1.807, 2.05) is 18.2 Å². The summed E-state index contributed by atoms with van der Waals surface area (Å²) in [5.74, 6) is 0. The van der Waals surface area contributed by atoms with Crippen LogP contribution in [0.3, 0.4) is 0 Å². The van der Waals surface area contributed by atoms with E-state index in [0.717, 1.165) is 0 Å². The topological polar surface area (TPSA) is 278 Å². The van der Waals surface area contributed by atoms with Gasteiger partial charge in [-0.2, -0.15) is 0 Å². The molecule has 1 rings (SSSR count). The average Bonchev–Trinajstić information content (AvgIpc) is 2.43. The van der Waals surface area contributed by atoms with Gasteiger partial charge in [0.25, 0.3) is 0 Å². The minimum atomic E-state index is -5.25. The summed E-state index contributed by atoms with van der Waals surface area (Å²) in [6, 6.07) is 10.3. The summed E-state index contributed by atoms with van der Waals surface area (Å²) in [7, 11) is -25.2. The summed E-state index contributed by atoms with van der Waals surface area (Å²) in [5.41, 5.74) is 1.32. The Hall–Kier alpha value is 2.45. The van der Waals surface area contributed by atoms with Crippen LogP contribution < -0.4 is 29.4 Å². The Morgan fingerprint density at radius 1 is 0.625 bits per heavy atom. The molecule has 1 aromatic carbocycles. The average molecular weight is 871 g/mol. The van der Waals surface area contributed by atoms with E-state index >= 15 is 0 Å². The predicted molar refractivity (Wildman–Crippen MR) is 81.2 cm³/mol. The first-order valence-electron chi connectivity index (χ1n) is 6.06. The predicted octanol–water partition coefficient (Wildman–Crippen LogP) is -0.966. The molecule has 0 spiro atoms. The Balaban J connectivity index is -0.000000111. The molecule has 0 aromatic heterocycles. The van der Waals surface area contributed by atoms with Gasteiger partial charge in [-0.05, 0) is 25.2 Å². The molecule has 164 valence electrons. The van der Waals surface area contributed by atoms with Gasteiger partial charge < -0.3 is 29.4 Å². The smallest absolute Gasteiger partial charge is 0.750 e. The van der Waals surface area contributed by atoms with E-state index in [1.54, 1.807) is 0 Å². The Labute approximate surface area is 244 Å². The van der Waals surface area contributed by atoms with Crippen molar-refractivity contribution < 1.29 is 156 Å². The summed E-state index contributed by atoms with van der Waals surface area (Å²) in [6.07, 6.45) is 0. The Morgan fingerprint density at radius 3 is 0.969 bits per heavy atom. The molecule has 0 saturated heterocycles. The van der Waals surface area contributed by atoms with Crippen molar-refractivity contribution in [2.24, 2.45) is 0 Å². The minimum absolute atomic E-state index is 0. The van der Waals surface area contributed by atoms with Crippen molar-refractivity contribution in [1.82, 2.24) is 0 Å². The molecule has 0 aliphatic heterocycles. The molecule has 0 N–H and O–H groups in total. The van der Waals surface area contributed by atoms with Crippen LogP contribution in [-0.4, -0.2) is 0 Å². The van der Waals surface area contributed by atoms with E-state index in [4.69, 9.17) is 0 Å². The van der Waals surface area contributed by atoms with E-state index < -0.39 is 48.7 Å². The molecule has 32 heavy (non-hydrogen) atoms. The van der Waals surface area contributed by atoms with Gasteiger partial charge >= 0.3 is 131 Å². The third kappa shape index (κ3) is 34.6. The third-order valence-corrected chi connectivity index (χ3v) is 6.94. The standard InChI is InChI=1S/C7H8.3Cd.2HO8P3/c1-7-5-3-2-4-6-7;;;;2*1-9(2)7-11(5,6)8-10(3)4/h2-6H,1H3;;;;2*(H,5,6)/q;3*+2;;/p-2. The molecular weight excluding hydrogens is 863 g/mol. The first-order chi connectivity index (χ1) is 13.1. The van der Waals surface area contributed by atoms with Crippen molar-refractivity contribution in [2.45, 2.75) is 6.92 Å². The summed E-state index contributed by atoms with van der Waals surface area (Å²) < 4.78 is 70.8. The van der Waals surface area contributed by atoms with E-state index in [0.29, 0.717) is 0 Å². The maximum atomic E-state index is 10.1. The van der Waals surface area contributed by atoms with Crippen LogP contribution in [0.4, 0.5) is 0 Å². The van der Waals surface area contributed by atoms with Crippen LogP contribution >= 0.6 is 48.7 Å². The van der Waals surface area contributed by atoms with Crippen LogP contribution in [0.5, 0.6) is 0 Å². The molecule has 16 nitrogen and oxygen atoms in total. The van der Waals surface area contributed by atoms with Crippen LogP contribution in [0, 0.1) is 6.92 Å². The monoisotopic (exact) mass is 876 g/mol. The SMILES string of the molecule is Cc1ccccc1.O=[P+]([O-])OP(=O)([O-])O[P+](=O)[O-].O=[P+]([O-])OP(=O)([O-])O[P+](=O)[O-].[Cd+2].[Cd+2].[Cd+2]. The van der Waals surface area contributed by atoms with E-state index in [-0.39, 0.29) is 81.9 Å². The zero-order valence-electron chi connectivity index (χ0n) is 15.7. The molecule has 4 unspecified atom stereocenters. The second kappa shape index (κ2) is 23.8. The van der Waals surface area contributed by atoms with Crippen LogP contribution in [0.15, 0.2) is 30.3 Å². The van der Waals surface area contributed by atoms with Crippen LogP contribution in [-0.2, 0) is 127 Å². The molecule has 0 aliphatic rings. The normalized spacial score (nSPS) is 14.8. The molecule has 0 heterocycles. The van der Waals surface area contributed by atoms with Crippen LogP contribution in [0.2, 0.25) is 0 Å². The second-order valence-electron chi connectivity index (χ2n) is 3.77. The van der Waals surface area contributed by atoms with Crippen molar-refractivity contribution in [3.63, 3.8) is 0 Å². The molecule has 4 atom stereocenters. The number of phosphoric acid groups is 2. The van der Waals surface area contributed by atoms with Gasteiger partial charge in [-0.15, -0.1) is 0 Å². The van der Waals surface area contributed by atoms with Crippen molar-refractivity contribution in [3.05, 3.63) is 35.9 Å². The number of hydrogen-bond acceptors (Lipinski definition) is 16. The van der Waals surface area contributed by atoms with Gasteiger partial charge in [-0.3, -0.25) is 9.13 Å². The first kappa shape index (κ1) is 44.4. The van der Waals surface area contributed by atoms with Crippen molar-refractivity contribution in [1.29, 1.82) is 0 Å². The zero-order chi connectivity index (χ0) is 23.3. The maximum absolute atomic E-state index is 10.1. The maximum Gasteiger partial charge on any atom is 2.00 e.